The molecule has 0 aromatic carbocycles. The van der Waals surface area contributed by atoms with Gasteiger partial charge in [0.1, 0.15) is 12.7 Å². The van der Waals surface area contributed by atoms with Crippen molar-refractivity contribution in [2.45, 2.75) is 52.4 Å². The first-order valence-corrected chi connectivity index (χ1v) is 5.92. The highest BCUT2D eigenvalue weighted by atomic mass is 16.7. The number of ether oxygens (including phenoxy) is 3. The van der Waals surface area contributed by atoms with Gasteiger partial charge in [0.05, 0.1) is 6.61 Å². The lowest BCUT2D eigenvalue weighted by atomic mass is 10.0. The van der Waals surface area contributed by atoms with Crippen molar-refractivity contribution in [1.82, 2.24) is 0 Å². The number of rotatable bonds is 5. The van der Waals surface area contributed by atoms with Crippen molar-refractivity contribution >= 4 is 5.97 Å². The summed E-state index contributed by atoms with van der Waals surface area (Å²) in [4.78, 5) is 11.0. The van der Waals surface area contributed by atoms with Gasteiger partial charge in [0.2, 0.25) is 0 Å². The van der Waals surface area contributed by atoms with Crippen LogP contribution in [0.1, 0.15) is 40.5 Å². The van der Waals surface area contributed by atoms with Gasteiger partial charge in [-0.05, 0) is 12.8 Å². The zero-order valence-corrected chi connectivity index (χ0v) is 10.6. The highest BCUT2D eigenvalue weighted by Crippen LogP contribution is 2.29. The van der Waals surface area contributed by atoms with Crippen molar-refractivity contribution < 1.29 is 19.0 Å². The van der Waals surface area contributed by atoms with E-state index < -0.39 is 5.79 Å². The van der Waals surface area contributed by atoms with Crippen LogP contribution in [0, 0.1) is 5.92 Å². The maximum absolute atomic E-state index is 11.0. The molecular formula is C12H22O4. The molecule has 0 radical (unpaired) electrons. The van der Waals surface area contributed by atoms with Crippen molar-refractivity contribution in [2.75, 3.05) is 13.2 Å². The molecule has 1 rings (SSSR count). The number of esters is 1. The molecule has 4 heteroatoms. The molecule has 1 fully saturated rings. The van der Waals surface area contributed by atoms with Crippen LogP contribution in [0.2, 0.25) is 0 Å². The minimum Gasteiger partial charge on any atom is -0.463 e. The molecule has 0 aromatic rings. The van der Waals surface area contributed by atoms with E-state index >= 15 is 0 Å². The monoisotopic (exact) mass is 230 g/mol. The van der Waals surface area contributed by atoms with E-state index in [1.807, 2.05) is 6.92 Å². The average molecular weight is 230 g/mol. The summed E-state index contributed by atoms with van der Waals surface area (Å²) in [5, 5.41) is 0. The molecule has 0 aliphatic carbocycles. The highest BCUT2D eigenvalue weighted by molar-refractivity contribution is 5.68. The van der Waals surface area contributed by atoms with Crippen LogP contribution in [0.25, 0.3) is 0 Å². The number of carbonyl (C=O) groups is 1. The van der Waals surface area contributed by atoms with E-state index in [9.17, 15) is 4.79 Å². The Morgan fingerprint density at radius 3 is 2.81 bits per heavy atom. The normalized spacial score (nSPS) is 29.7. The van der Waals surface area contributed by atoms with E-state index in [-0.39, 0.29) is 12.1 Å². The lowest BCUT2D eigenvalue weighted by Gasteiger charge is -2.25. The van der Waals surface area contributed by atoms with Gasteiger partial charge in [0.15, 0.2) is 5.79 Å². The number of hydrogen-bond acceptors (Lipinski definition) is 4. The summed E-state index contributed by atoms with van der Waals surface area (Å²) in [6, 6.07) is 0. The van der Waals surface area contributed by atoms with Gasteiger partial charge >= 0.3 is 5.97 Å². The standard InChI is InChI=1S/C12H22O4/c1-5-11(13)14-7-10-8-15-12(4,16-10)6-9(2)3/h9-10H,5-8H2,1-4H3. The van der Waals surface area contributed by atoms with Crippen molar-refractivity contribution in [3.8, 4) is 0 Å². The van der Waals surface area contributed by atoms with E-state index in [4.69, 9.17) is 14.2 Å². The van der Waals surface area contributed by atoms with Crippen LogP contribution in [-0.2, 0) is 19.0 Å². The summed E-state index contributed by atoms with van der Waals surface area (Å²) in [5.74, 6) is -0.194. The van der Waals surface area contributed by atoms with Gasteiger partial charge in [0.25, 0.3) is 0 Å². The van der Waals surface area contributed by atoms with Crippen LogP contribution >= 0.6 is 0 Å². The molecule has 1 heterocycles. The molecule has 94 valence electrons. The SMILES string of the molecule is CCC(=O)OCC1COC(C)(CC(C)C)O1. The zero-order valence-electron chi connectivity index (χ0n) is 10.6. The maximum Gasteiger partial charge on any atom is 0.305 e. The smallest absolute Gasteiger partial charge is 0.305 e. The Labute approximate surface area is 97.2 Å². The van der Waals surface area contributed by atoms with E-state index in [0.717, 1.165) is 6.42 Å². The van der Waals surface area contributed by atoms with Crippen LogP contribution in [-0.4, -0.2) is 31.1 Å². The fourth-order valence-corrected chi connectivity index (χ4v) is 1.91. The molecule has 0 aromatic heterocycles. The van der Waals surface area contributed by atoms with Crippen LogP contribution in [0.5, 0.6) is 0 Å². The first kappa shape index (κ1) is 13.5. The third kappa shape index (κ3) is 4.10. The van der Waals surface area contributed by atoms with Crippen LogP contribution in [0.4, 0.5) is 0 Å². The molecule has 0 N–H and O–H groups in total. The van der Waals surface area contributed by atoms with Gasteiger partial charge < -0.3 is 14.2 Å². The van der Waals surface area contributed by atoms with E-state index in [1.54, 1.807) is 6.92 Å². The second kappa shape index (κ2) is 5.64. The largest absolute Gasteiger partial charge is 0.463 e. The van der Waals surface area contributed by atoms with Crippen molar-refractivity contribution in [3.63, 3.8) is 0 Å². The third-order valence-electron chi connectivity index (χ3n) is 2.49. The first-order valence-electron chi connectivity index (χ1n) is 5.92. The number of carbonyl (C=O) groups excluding carboxylic acids is 1. The second-order valence-corrected chi connectivity index (χ2v) is 4.82. The summed E-state index contributed by atoms with van der Waals surface area (Å²) in [6.45, 7) is 8.76. The summed E-state index contributed by atoms with van der Waals surface area (Å²) in [5.41, 5.74) is 0. The Hall–Kier alpha value is -0.610. The molecule has 4 nitrogen and oxygen atoms in total. The summed E-state index contributed by atoms with van der Waals surface area (Å²) < 4.78 is 16.4. The molecule has 0 spiro atoms. The zero-order chi connectivity index (χ0) is 12.2. The average Bonchev–Trinajstić information content (AvgIpc) is 2.55. The number of hydrogen-bond donors (Lipinski definition) is 0. The van der Waals surface area contributed by atoms with Crippen molar-refractivity contribution in [3.05, 3.63) is 0 Å². The van der Waals surface area contributed by atoms with Crippen molar-refractivity contribution in [2.24, 2.45) is 5.92 Å². The van der Waals surface area contributed by atoms with Crippen LogP contribution in [0.3, 0.4) is 0 Å². The maximum atomic E-state index is 11.0. The van der Waals surface area contributed by atoms with Crippen LogP contribution < -0.4 is 0 Å². The molecule has 1 saturated heterocycles. The van der Waals surface area contributed by atoms with Crippen LogP contribution in [0.15, 0.2) is 0 Å². The molecular weight excluding hydrogens is 208 g/mol. The molecule has 0 bridgehead atoms. The van der Waals surface area contributed by atoms with E-state index in [0.29, 0.717) is 25.6 Å². The third-order valence-corrected chi connectivity index (χ3v) is 2.49. The predicted molar refractivity (Wildman–Crippen MR) is 59.9 cm³/mol. The summed E-state index contributed by atoms with van der Waals surface area (Å²) >= 11 is 0. The van der Waals surface area contributed by atoms with Gasteiger partial charge in [-0.25, -0.2) is 0 Å². The van der Waals surface area contributed by atoms with E-state index in [1.165, 1.54) is 0 Å². The van der Waals surface area contributed by atoms with Gasteiger partial charge in [-0.2, -0.15) is 0 Å². The quantitative estimate of drug-likeness (QED) is 0.679. The summed E-state index contributed by atoms with van der Waals surface area (Å²) in [6.07, 6.45) is 1.13. The lowest BCUT2D eigenvalue weighted by Crippen LogP contribution is -2.30. The molecule has 0 saturated carbocycles. The molecule has 1 aliphatic heterocycles. The molecule has 2 unspecified atom stereocenters. The minimum absolute atomic E-state index is 0.126. The molecule has 0 amide bonds. The Morgan fingerprint density at radius 1 is 1.56 bits per heavy atom. The Morgan fingerprint density at radius 2 is 2.25 bits per heavy atom. The van der Waals surface area contributed by atoms with Gasteiger partial charge in [-0.15, -0.1) is 0 Å². The lowest BCUT2D eigenvalue weighted by molar-refractivity contribution is -0.173. The Bertz CT molecular complexity index is 239. The van der Waals surface area contributed by atoms with Gasteiger partial charge in [-0.1, -0.05) is 20.8 Å². The van der Waals surface area contributed by atoms with Gasteiger partial charge in [-0.3, -0.25) is 4.79 Å². The van der Waals surface area contributed by atoms with Gasteiger partial charge in [0, 0.05) is 12.8 Å². The molecule has 16 heavy (non-hydrogen) atoms. The summed E-state index contributed by atoms with van der Waals surface area (Å²) in [7, 11) is 0. The van der Waals surface area contributed by atoms with Crippen molar-refractivity contribution in [1.29, 1.82) is 0 Å². The fraction of sp³-hybridized carbons (Fsp3) is 0.917. The Kier molecular flexibility index (Phi) is 4.74. The first-order chi connectivity index (χ1) is 7.45. The fourth-order valence-electron chi connectivity index (χ4n) is 1.91. The predicted octanol–water partition coefficient (Wildman–Crippen LogP) is 2.12. The topological polar surface area (TPSA) is 44.8 Å². The highest BCUT2D eigenvalue weighted by Gasteiger charge is 2.37. The second-order valence-electron chi connectivity index (χ2n) is 4.82. The molecule has 1 aliphatic rings. The Balaban J connectivity index is 2.31. The minimum atomic E-state index is -0.516. The molecule has 2 atom stereocenters. The van der Waals surface area contributed by atoms with E-state index in [2.05, 4.69) is 13.8 Å².